The topological polar surface area (TPSA) is 75.3 Å². The Balaban J connectivity index is 2.02. The highest BCUT2D eigenvalue weighted by Crippen LogP contribution is 2.15. The van der Waals surface area contributed by atoms with E-state index in [1.165, 1.54) is 6.07 Å². The van der Waals surface area contributed by atoms with Crippen LogP contribution in [0, 0.1) is 0 Å². The molecule has 0 unspecified atom stereocenters. The Hall–Kier alpha value is -2.33. The van der Waals surface area contributed by atoms with E-state index < -0.39 is 0 Å². The zero-order valence-corrected chi connectivity index (χ0v) is 10.5. The molecule has 4 nitrogen and oxygen atoms in total. The number of amides is 1. The summed E-state index contributed by atoms with van der Waals surface area (Å²) < 4.78 is 0. The molecular formula is C15H16N2O2. The molecule has 2 rings (SSSR count). The summed E-state index contributed by atoms with van der Waals surface area (Å²) in [6, 6.07) is 14.2. The van der Waals surface area contributed by atoms with Crippen molar-refractivity contribution in [3.05, 3.63) is 65.2 Å². The highest BCUT2D eigenvalue weighted by Gasteiger charge is 2.09. The summed E-state index contributed by atoms with van der Waals surface area (Å²) in [7, 11) is 0. The summed E-state index contributed by atoms with van der Waals surface area (Å²) in [6.45, 7) is 0.877. The van der Waals surface area contributed by atoms with Gasteiger partial charge in [0.1, 0.15) is 5.75 Å². The van der Waals surface area contributed by atoms with Gasteiger partial charge in [-0.05, 0) is 23.3 Å². The van der Waals surface area contributed by atoms with Gasteiger partial charge in [-0.3, -0.25) is 4.79 Å². The van der Waals surface area contributed by atoms with Crippen LogP contribution in [0.1, 0.15) is 21.5 Å². The molecule has 0 aliphatic heterocycles. The molecule has 0 aromatic heterocycles. The second kappa shape index (κ2) is 6.02. The number of nitrogens with two attached hydrogens (primary N) is 1. The van der Waals surface area contributed by atoms with Gasteiger partial charge in [0.25, 0.3) is 5.91 Å². The van der Waals surface area contributed by atoms with Crippen LogP contribution in [0.2, 0.25) is 0 Å². The Bertz CT molecular complexity index is 582. The monoisotopic (exact) mass is 256 g/mol. The van der Waals surface area contributed by atoms with Crippen LogP contribution in [-0.2, 0) is 13.1 Å². The van der Waals surface area contributed by atoms with E-state index in [0.29, 0.717) is 13.1 Å². The summed E-state index contributed by atoms with van der Waals surface area (Å²) in [4.78, 5) is 11.9. The Morgan fingerprint density at radius 3 is 2.58 bits per heavy atom. The number of carbonyl (C=O) groups is 1. The summed E-state index contributed by atoms with van der Waals surface area (Å²) >= 11 is 0. The van der Waals surface area contributed by atoms with Crippen molar-refractivity contribution in [2.24, 2.45) is 5.73 Å². The lowest BCUT2D eigenvalue weighted by molar-refractivity contribution is 0.0948. The zero-order chi connectivity index (χ0) is 13.7. The quantitative estimate of drug-likeness (QED) is 0.780. The first kappa shape index (κ1) is 13.1. The van der Waals surface area contributed by atoms with Gasteiger partial charge in [-0.1, -0.05) is 36.4 Å². The van der Waals surface area contributed by atoms with Crippen molar-refractivity contribution in [2.45, 2.75) is 13.1 Å². The van der Waals surface area contributed by atoms with E-state index in [9.17, 15) is 9.90 Å². The minimum absolute atomic E-state index is 0.0179. The third-order valence-electron chi connectivity index (χ3n) is 2.83. The summed E-state index contributed by atoms with van der Waals surface area (Å²) in [5.74, 6) is -0.313. The SMILES string of the molecule is NCc1cccc(CNC(=O)c2ccccc2O)c1. The van der Waals surface area contributed by atoms with Crippen molar-refractivity contribution < 1.29 is 9.90 Å². The van der Waals surface area contributed by atoms with Crippen LogP contribution in [0.3, 0.4) is 0 Å². The van der Waals surface area contributed by atoms with Crippen LogP contribution >= 0.6 is 0 Å². The minimum atomic E-state index is -0.295. The molecule has 0 fully saturated rings. The van der Waals surface area contributed by atoms with E-state index in [1.807, 2.05) is 24.3 Å². The van der Waals surface area contributed by atoms with Gasteiger partial charge in [0.15, 0.2) is 0 Å². The van der Waals surface area contributed by atoms with Gasteiger partial charge in [-0.15, -0.1) is 0 Å². The van der Waals surface area contributed by atoms with Gasteiger partial charge >= 0.3 is 0 Å². The number of nitrogens with one attached hydrogen (secondary N) is 1. The maximum Gasteiger partial charge on any atom is 0.255 e. The number of hydrogen-bond acceptors (Lipinski definition) is 3. The van der Waals surface area contributed by atoms with E-state index in [-0.39, 0.29) is 17.2 Å². The number of benzene rings is 2. The number of aromatic hydroxyl groups is 1. The van der Waals surface area contributed by atoms with Crippen molar-refractivity contribution in [3.8, 4) is 5.75 Å². The van der Waals surface area contributed by atoms with Crippen LogP contribution < -0.4 is 11.1 Å². The fraction of sp³-hybridized carbons (Fsp3) is 0.133. The first-order chi connectivity index (χ1) is 9.20. The molecule has 0 saturated carbocycles. The Labute approximate surface area is 111 Å². The van der Waals surface area contributed by atoms with E-state index in [0.717, 1.165) is 11.1 Å². The number of carbonyl (C=O) groups excluding carboxylic acids is 1. The third kappa shape index (κ3) is 3.33. The lowest BCUT2D eigenvalue weighted by Crippen LogP contribution is -2.22. The van der Waals surface area contributed by atoms with E-state index in [2.05, 4.69) is 5.32 Å². The fourth-order valence-corrected chi connectivity index (χ4v) is 1.81. The minimum Gasteiger partial charge on any atom is -0.507 e. The number of phenols is 1. The highest BCUT2D eigenvalue weighted by atomic mass is 16.3. The summed E-state index contributed by atoms with van der Waals surface area (Å²) in [5, 5.41) is 12.4. The van der Waals surface area contributed by atoms with Crippen molar-refractivity contribution in [1.82, 2.24) is 5.32 Å². The molecule has 4 heteroatoms. The normalized spacial score (nSPS) is 10.2. The van der Waals surface area contributed by atoms with Crippen molar-refractivity contribution in [2.75, 3.05) is 0 Å². The molecule has 0 saturated heterocycles. The smallest absolute Gasteiger partial charge is 0.255 e. The van der Waals surface area contributed by atoms with Gasteiger partial charge in [0.05, 0.1) is 5.56 Å². The summed E-state index contributed by atoms with van der Waals surface area (Å²) in [5.41, 5.74) is 7.84. The van der Waals surface area contributed by atoms with Crippen LogP contribution in [-0.4, -0.2) is 11.0 Å². The maximum atomic E-state index is 11.9. The highest BCUT2D eigenvalue weighted by molar-refractivity contribution is 5.96. The van der Waals surface area contributed by atoms with Gasteiger partial charge in [-0.25, -0.2) is 0 Å². The molecule has 19 heavy (non-hydrogen) atoms. The van der Waals surface area contributed by atoms with E-state index >= 15 is 0 Å². The number of phenolic OH excluding ortho intramolecular Hbond substituents is 1. The number of rotatable bonds is 4. The molecule has 98 valence electrons. The molecule has 0 aliphatic carbocycles. The molecule has 0 atom stereocenters. The second-order valence-corrected chi connectivity index (χ2v) is 4.22. The third-order valence-corrected chi connectivity index (χ3v) is 2.83. The van der Waals surface area contributed by atoms with Crippen molar-refractivity contribution >= 4 is 5.91 Å². The van der Waals surface area contributed by atoms with Crippen LogP contribution in [0.15, 0.2) is 48.5 Å². The molecular weight excluding hydrogens is 240 g/mol. The number of para-hydroxylation sites is 1. The average Bonchev–Trinajstić information content (AvgIpc) is 2.45. The molecule has 1 amide bonds. The van der Waals surface area contributed by atoms with Crippen LogP contribution in [0.5, 0.6) is 5.75 Å². The average molecular weight is 256 g/mol. The van der Waals surface area contributed by atoms with Gasteiger partial charge in [-0.2, -0.15) is 0 Å². The van der Waals surface area contributed by atoms with E-state index in [1.54, 1.807) is 18.2 Å². The van der Waals surface area contributed by atoms with Crippen LogP contribution in [0.4, 0.5) is 0 Å². The van der Waals surface area contributed by atoms with Gasteiger partial charge in [0, 0.05) is 13.1 Å². The Morgan fingerprint density at radius 2 is 1.84 bits per heavy atom. The second-order valence-electron chi connectivity index (χ2n) is 4.22. The molecule has 2 aromatic carbocycles. The molecule has 0 bridgehead atoms. The largest absolute Gasteiger partial charge is 0.507 e. The van der Waals surface area contributed by atoms with Crippen molar-refractivity contribution in [1.29, 1.82) is 0 Å². The predicted octanol–water partition coefficient (Wildman–Crippen LogP) is 1.78. The standard InChI is InChI=1S/C15H16N2O2/c16-9-11-4-3-5-12(8-11)10-17-15(19)13-6-1-2-7-14(13)18/h1-8,18H,9-10,16H2,(H,17,19). The molecule has 0 heterocycles. The van der Waals surface area contributed by atoms with Gasteiger partial charge < -0.3 is 16.2 Å². The maximum absolute atomic E-state index is 11.9. The van der Waals surface area contributed by atoms with Crippen LogP contribution in [0.25, 0.3) is 0 Å². The molecule has 0 aliphatic rings. The fourth-order valence-electron chi connectivity index (χ4n) is 1.81. The molecule has 0 spiro atoms. The molecule has 4 N–H and O–H groups in total. The number of hydrogen-bond donors (Lipinski definition) is 3. The molecule has 0 radical (unpaired) electrons. The van der Waals surface area contributed by atoms with Crippen molar-refractivity contribution in [3.63, 3.8) is 0 Å². The van der Waals surface area contributed by atoms with E-state index in [4.69, 9.17) is 5.73 Å². The predicted molar refractivity (Wildman–Crippen MR) is 73.6 cm³/mol. The van der Waals surface area contributed by atoms with Gasteiger partial charge in [0.2, 0.25) is 0 Å². The summed E-state index contributed by atoms with van der Waals surface area (Å²) in [6.07, 6.45) is 0. The zero-order valence-electron chi connectivity index (χ0n) is 10.5. The molecule has 2 aromatic rings. The Kier molecular flexibility index (Phi) is 4.15. The lowest BCUT2D eigenvalue weighted by atomic mass is 10.1. The Morgan fingerprint density at radius 1 is 1.11 bits per heavy atom. The lowest BCUT2D eigenvalue weighted by Gasteiger charge is -2.07. The first-order valence-electron chi connectivity index (χ1n) is 6.05. The first-order valence-corrected chi connectivity index (χ1v) is 6.05.